The number of rotatable bonds is 7. The number of ether oxygens (including phenoxy) is 1. The van der Waals surface area contributed by atoms with Crippen LogP contribution in [0.1, 0.15) is 37.0 Å². The molecule has 0 radical (unpaired) electrons. The Morgan fingerprint density at radius 3 is 2.76 bits per heavy atom. The number of sulfone groups is 1. The molecule has 0 N–H and O–H groups in total. The fourth-order valence-electron chi connectivity index (χ4n) is 2.96. The summed E-state index contributed by atoms with van der Waals surface area (Å²) in [4.78, 5) is 25.4. The van der Waals surface area contributed by atoms with Crippen molar-refractivity contribution in [1.29, 1.82) is 0 Å². The van der Waals surface area contributed by atoms with Crippen LogP contribution >= 0.6 is 15.9 Å². The second-order valence-corrected chi connectivity index (χ2v) is 9.35. The van der Waals surface area contributed by atoms with Crippen molar-refractivity contribution in [3.63, 3.8) is 0 Å². The first-order valence-corrected chi connectivity index (χ1v) is 10.8. The smallest absolute Gasteiger partial charge is 0.261 e. The van der Waals surface area contributed by atoms with E-state index in [2.05, 4.69) is 15.9 Å². The molecule has 0 bridgehead atoms. The number of carbonyl (C=O) groups is 2. The van der Waals surface area contributed by atoms with Gasteiger partial charge in [0.25, 0.3) is 5.91 Å². The quantitative estimate of drug-likeness (QED) is 0.619. The van der Waals surface area contributed by atoms with Crippen molar-refractivity contribution in [2.24, 2.45) is 0 Å². The Morgan fingerprint density at radius 1 is 1.48 bits per heavy atom. The molecule has 1 aliphatic heterocycles. The zero-order valence-electron chi connectivity index (χ0n) is 14.3. The van der Waals surface area contributed by atoms with Gasteiger partial charge in [0.15, 0.2) is 22.7 Å². The Kier molecular flexibility index (Phi) is 6.62. The number of halogens is 1. The summed E-state index contributed by atoms with van der Waals surface area (Å²) in [7, 11) is -3.08. The van der Waals surface area contributed by atoms with Crippen molar-refractivity contribution in [3.8, 4) is 5.75 Å². The predicted octanol–water partition coefficient (Wildman–Crippen LogP) is 2.45. The summed E-state index contributed by atoms with van der Waals surface area (Å²) in [5, 5.41) is 0. The molecule has 1 aliphatic rings. The number of carbonyl (C=O) groups excluding carboxylic acids is 2. The van der Waals surface area contributed by atoms with E-state index in [0.29, 0.717) is 24.0 Å². The number of hydrogen-bond acceptors (Lipinski definition) is 5. The van der Waals surface area contributed by atoms with Gasteiger partial charge in [-0.15, -0.1) is 0 Å². The van der Waals surface area contributed by atoms with Gasteiger partial charge in [0.1, 0.15) is 5.75 Å². The van der Waals surface area contributed by atoms with E-state index in [4.69, 9.17) is 4.74 Å². The molecule has 8 heteroatoms. The summed E-state index contributed by atoms with van der Waals surface area (Å²) in [5.41, 5.74) is 0.348. The molecule has 0 unspecified atom stereocenters. The molecule has 1 fully saturated rings. The van der Waals surface area contributed by atoms with Gasteiger partial charge < -0.3 is 9.64 Å². The third kappa shape index (κ3) is 5.04. The average molecular weight is 432 g/mol. The third-order valence-electron chi connectivity index (χ3n) is 4.41. The van der Waals surface area contributed by atoms with E-state index < -0.39 is 9.84 Å². The fourth-order valence-corrected chi connectivity index (χ4v) is 5.05. The van der Waals surface area contributed by atoms with Crippen LogP contribution in [-0.4, -0.2) is 55.7 Å². The van der Waals surface area contributed by atoms with Gasteiger partial charge in [-0.05, 0) is 38.0 Å². The molecule has 2 atom stereocenters. The summed E-state index contributed by atoms with van der Waals surface area (Å²) in [5.74, 6) is 0.174. The largest absolute Gasteiger partial charge is 0.483 e. The van der Waals surface area contributed by atoms with Crippen LogP contribution in [0.5, 0.6) is 5.75 Å². The van der Waals surface area contributed by atoms with Crippen molar-refractivity contribution in [3.05, 3.63) is 28.2 Å². The maximum atomic E-state index is 12.7. The summed E-state index contributed by atoms with van der Waals surface area (Å²) in [6.07, 6.45) is 1.84. The minimum Gasteiger partial charge on any atom is -0.483 e. The lowest BCUT2D eigenvalue weighted by Gasteiger charge is -2.33. The van der Waals surface area contributed by atoms with Crippen molar-refractivity contribution in [2.45, 2.75) is 38.8 Å². The van der Waals surface area contributed by atoms with E-state index in [0.717, 1.165) is 10.9 Å². The van der Waals surface area contributed by atoms with Crippen LogP contribution < -0.4 is 4.74 Å². The molecular weight excluding hydrogens is 410 g/mol. The van der Waals surface area contributed by atoms with Gasteiger partial charge in [-0.3, -0.25) is 9.59 Å². The van der Waals surface area contributed by atoms with E-state index in [9.17, 15) is 18.0 Å². The van der Waals surface area contributed by atoms with Crippen molar-refractivity contribution >= 4 is 38.0 Å². The Bertz CT molecular complexity index is 749. The van der Waals surface area contributed by atoms with Crippen LogP contribution in [0.3, 0.4) is 0 Å². The summed E-state index contributed by atoms with van der Waals surface area (Å²) >= 11 is 3.28. The minimum absolute atomic E-state index is 0.000944. The van der Waals surface area contributed by atoms with Gasteiger partial charge in [0.2, 0.25) is 0 Å². The normalized spacial score (nSPS) is 20.0. The molecule has 0 saturated carbocycles. The van der Waals surface area contributed by atoms with Gasteiger partial charge in [-0.1, -0.05) is 22.9 Å². The highest BCUT2D eigenvalue weighted by Crippen LogP contribution is 2.24. The van der Waals surface area contributed by atoms with Crippen molar-refractivity contribution in [1.82, 2.24) is 4.90 Å². The standard InChI is InChI=1S/C17H22BrNO5S/c1-3-12(2)19(15-6-7-25(22,23)11-15)17(21)10-24-16-5-4-14(18)8-13(16)9-20/h4-5,8-9,12,15H,3,6-7,10-11H2,1-2H3/t12-,15+/m1/s1. The average Bonchev–Trinajstić information content (AvgIpc) is 2.92. The number of amides is 1. The van der Waals surface area contributed by atoms with Gasteiger partial charge in [-0.25, -0.2) is 8.42 Å². The molecule has 6 nitrogen and oxygen atoms in total. The molecule has 0 spiro atoms. The number of aldehydes is 1. The van der Waals surface area contributed by atoms with Crippen LogP contribution in [0, 0.1) is 0 Å². The van der Waals surface area contributed by atoms with Gasteiger partial charge in [-0.2, -0.15) is 0 Å². The SMILES string of the molecule is CC[C@@H](C)N(C(=O)COc1ccc(Br)cc1C=O)[C@H]1CCS(=O)(=O)C1. The van der Waals surface area contributed by atoms with Gasteiger partial charge >= 0.3 is 0 Å². The minimum atomic E-state index is -3.08. The van der Waals surface area contributed by atoms with Crippen LogP contribution in [-0.2, 0) is 14.6 Å². The number of benzene rings is 1. The monoisotopic (exact) mass is 431 g/mol. The van der Waals surface area contributed by atoms with E-state index in [1.165, 1.54) is 0 Å². The number of nitrogens with zero attached hydrogens (tertiary/aromatic N) is 1. The first-order valence-electron chi connectivity index (χ1n) is 8.16. The van der Waals surface area contributed by atoms with Crippen molar-refractivity contribution in [2.75, 3.05) is 18.1 Å². The Hall–Kier alpha value is -1.41. The lowest BCUT2D eigenvalue weighted by molar-refractivity contribution is -0.137. The third-order valence-corrected chi connectivity index (χ3v) is 6.65. The number of hydrogen-bond donors (Lipinski definition) is 0. The Labute approximate surface area is 156 Å². The first kappa shape index (κ1) is 19.9. The van der Waals surface area contributed by atoms with Gasteiger partial charge in [0.05, 0.1) is 17.1 Å². The van der Waals surface area contributed by atoms with E-state index in [-0.39, 0.29) is 36.1 Å². The zero-order chi connectivity index (χ0) is 18.6. The highest BCUT2D eigenvalue weighted by Gasteiger charge is 2.36. The molecular formula is C17H22BrNO5S. The van der Waals surface area contributed by atoms with Gasteiger partial charge in [0, 0.05) is 16.6 Å². The Balaban J connectivity index is 2.11. The molecule has 25 heavy (non-hydrogen) atoms. The molecule has 138 valence electrons. The molecule has 1 aromatic rings. The van der Waals surface area contributed by atoms with Crippen LogP contribution in [0.4, 0.5) is 0 Å². The summed E-state index contributed by atoms with van der Waals surface area (Å²) in [6.45, 7) is 3.62. The topological polar surface area (TPSA) is 80.8 Å². The van der Waals surface area contributed by atoms with E-state index in [1.807, 2.05) is 13.8 Å². The summed E-state index contributed by atoms with van der Waals surface area (Å²) < 4.78 is 29.8. The highest BCUT2D eigenvalue weighted by molar-refractivity contribution is 9.10. The maximum absolute atomic E-state index is 12.7. The second-order valence-electron chi connectivity index (χ2n) is 6.20. The molecule has 1 heterocycles. The highest BCUT2D eigenvalue weighted by atomic mass is 79.9. The lowest BCUT2D eigenvalue weighted by Crippen LogP contribution is -2.48. The van der Waals surface area contributed by atoms with Crippen LogP contribution in [0.25, 0.3) is 0 Å². The molecule has 1 saturated heterocycles. The van der Waals surface area contributed by atoms with Crippen molar-refractivity contribution < 1.29 is 22.7 Å². The molecule has 0 aromatic heterocycles. The predicted molar refractivity (Wildman–Crippen MR) is 98.7 cm³/mol. The fraction of sp³-hybridized carbons (Fsp3) is 0.529. The first-order chi connectivity index (χ1) is 11.8. The van der Waals surface area contributed by atoms with Crippen LogP contribution in [0.2, 0.25) is 0 Å². The second kappa shape index (κ2) is 8.31. The van der Waals surface area contributed by atoms with Crippen LogP contribution in [0.15, 0.2) is 22.7 Å². The molecule has 0 aliphatic carbocycles. The lowest BCUT2D eigenvalue weighted by atomic mass is 10.1. The maximum Gasteiger partial charge on any atom is 0.261 e. The summed E-state index contributed by atoms with van der Waals surface area (Å²) in [6, 6.07) is 4.57. The van der Waals surface area contributed by atoms with E-state index in [1.54, 1.807) is 23.1 Å². The van der Waals surface area contributed by atoms with E-state index >= 15 is 0 Å². The molecule has 2 rings (SSSR count). The molecule has 1 amide bonds. The Morgan fingerprint density at radius 2 is 2.20 bits per heavy atom. The zero-order valence-corrected chi connectivity index (χ0v) is 16.7. The molecule has 1 aromatic carbocycles.